The molecule has 0 N–H and O–H groups in total. The van der Waals surface area contributed by atoms with Crippen molar-refractivity contribution < 1.29 is 4.79 Å². The predicted octanol–water partition coefficient (Wildman–Crippen LogP) is 2.36. The molecular weight excluding hydrogens is 354 g/mol. The molecule has 0 saturated carbocycles. The van der Waals surface area contributed by atoms with Gasteiger partial charge >= 0.3 is 0 Å². The topological polar surface area (TPSA) is 72.5 Å². The number of hydrogen-bond donors (Lipinski definition) is 0. The molecule has 1 saturated heterocycles. The van der Waals surface area contributed by atoms with E-state index in [0.29, 0.717) is 23.4 Å². The number of imidazole rings is 1. The van der Waals surface area contributed by atoms with Crippen LogP contribution < -0.4 is 10.5 Å². The smallest absolute Gasteiger partial charge is 0.260 e. The molecule has 1 fully saturated rings. The minimum Gasteiger partial charge on any atom is -0.369 e. The lowest BCUT2D eigenvalue weighted by atomic mass is 10.0. The third-order valence-electron chi connectivity index (χ3n) is 5.28. The van der Waals surface area contributed by atoms with Gasteiger partial charge in [0.25, 0.3) is 5.56 Å². The zero-order valence-corrected chi connectivity index (χ0v) is 15.4. The van der Waals surface area contributed by atoms with Crippen molar-refractivity contribution >= 4 is 28.4 Å². The van der Waals surface area contributed by atoms with E-state index in [1.54, 1.807) is 33.5 Å². The Morgan fingerprint density at radius 3 is 2.79 bits per heavy atom. The molecule has 28 heavy (non-hydrogen) atoms. The summed E-state index contributed by atoms with van der Waals surface area (Å²) < 4.78 is 3.45. The molecule has 7 heteroatoms. The van der Waals surface area contributed by atoms with Crippen LogP contribution in [0.2, 0.25) is 0 Å². The monoisotopic (exact) mass is 373 g/mol. The van der Waals surface area contributed by atoms with Gasteiger partial charge in [-0.3, -0.25) is 14.6 Å². The summed E-state index contributed by atoms with van der Waals surface area (Å²) in [5, 5.41) is 1.56. The second-order valence-electron chi connectivity index (χ2n) is 7.46. The molecule has 0 radical (unpaired) electrons. The van der Waals surface area contributed by atoms with Gasteiger partial charge in [0.15, 0.2) is 6.29 Å². The van der Waals surface area contributed by atoms with Crippen LogP contribution in [-0.2, 0) is 6.54 Å². The zero-order chi connectivity index (χ0) is 19.3. The highest BCUT2D eigenvalue weighted by atomic mass is 16.1. The Kier molecular flexibility index (Phi) is 3.75. The van der Waals surface area contributed by atoms with Crippen molar-refractivity contribution in [3.63, 3.8) is 0 Å². The van der Waals surface area contributed by atoms with E-state index in [4.69, 9.17) is 0 Å². The van der Waals surface area contributed by atoms with Crippen LogP contribution in [0.4, 0.5) is 5.69 Å². The molecule has 4 aromatic heterocycles. The highest BCUT2D eigenvalue weighted by molar-refractivity contribution is 5.93. The lowest BCUT2D eigenvalue weighted by Gasteiger charge is -2.39. The molecule has 140 valence electrons. The van der Waals surface area contributed by atoms with Gasteiger partial charge in [-0.2, -0.15) is 0 Å². The summed E-state index contributed by atoms with van der Waals surface area (Å²) in [6, 6.07) is 5.50. The highest BCUT2D eigenvalue weighted by Crippen LogP contribution is 2.29. The fourth-order valence-corrected chi connectivity index (χ4v) is 3.85. The number of aromatic nitrogens is 4. The first-order valence-electron chi connectivity index (χ1n) is 9.27. The van der Waals surface area contributed by atoms with Gasteiger partial charge in [0, 0.05) is 48.8 Å². The van der Waals surface area contributed by atoms with E-state index in [1.165, 1.54) is 0 Å². The van der Waals surface area contributed by atoms with Gasteiger partial charge < -0.3 is 13.9 Å². The lowest BCUT2D eigenvalue weighted by molar-refractivity contribution is 0.112. The summed E-state index contributed by atoms with van der Waals surface area (Å²) in [6.07, 6.45) is 9.67. The van der Waals surface area contributed by atoms with E-state index in [-0.39, 0.29) is 5.56 Å². The van der Waals surface area contributed by atoms with Gasteiger partial charge in [-0.05, 0) is 24.1 Å². The number of anilines is 1. The standard InChI is InChI=1S/C21H19N5O2/c1-14-8-25(9-14)19-7-22-6-18-17(19)4-5-24(21(18)28)11-16-12-26-10-15(13-27)2-3-20(26)23-16/h2-7,10,12-14H,8-9,11H2,1H3. The molecule has 0 unspecified atom stereocenters. The van der Waals surface area contributed by atoms with E-state index in [9.17, 15) is 9.59 Å². The summed E-state index contributed by atoms with van der Waals surface area (Å²) >= 11 is 0. The number of carbonyl (C=O) groups is 1. The van der Waals surface area contributed by atoms with Gasteiger partial charge in [-0.25, -0.2) is 4.98 Å². The molecular formula is C21H19N5O2. The molecule has 0 aliphatic carbocycles. The third kappa shape index (κ3) is 2.67. The quantitative estimate of drug-likeness (QED) is 0.514. The number of nitrogens with zero attached hydrogens (tertiary/aromatic N) is 5. The molecule has 7 nitrogen and oxygen atoms in total. The Morgan fingerprint density at radius 2 is 2.00 bits per heavy atom. The number of carbonyl (C=O) groups excluding carboxylic acids is 1. The summed E-state index contributed by atoms with van der Waals surface area (Å²) in [7, 11) is 0. The minimum atomic E-state index is -0.0777. The average Bonchev–Trinajstić information content (AvgIpc) is 3.09. The van der Waals surface area contributed by atoms with E-state index >= 15 is 0 Å². The second-order valence-corrected chi connectivity index (χ2v) is 7.46. The van der Waals surface area contributed by atoms with Crippen LogP contribution in [-0.4, -0.2) is 38.3 Å². The molecule has 0 spiro atoms. The molecule has 0 amide bonds. The van der Waals surface area contributed by atoms with Crippen molar-refractivity contribution in [1.29, 1.82) is 0 Å². The Balaban J connectivity index is 1.52. The highest BCUT2D eigenvalue weighted by Gasteiger charge is 2.24. The molecule has 0 bridgehead atoms. The number of aldehydes is 1. The van der Waals surface area contributed by atoms with E-state index in [0.717, 1.165) is 41.8 Å². The van der Waals surface area contributed by atoms with Crippen LogP contribution in [0.3, 0.4) is 0 Å². The average molecular weight is 373 g/mol. The van der Waals surface area contributed by atoms with Crippen LogP contribution in [0.5, 0.6) is 0 Å². The molecule has 1 aliphatic rings. The van der Waals surface area contributed by atoms with Crippen LogP contribution in [0.25, 0.3) is 16.4 Å². The summed E-state index contributed by atoms with van der Waals surface area (Å²) in [6.45, 7) is 4.56. The molecule has 0 aromatic carbocycles. The summed E-state index contributed by atoms with van der Waals surface area (Å²) in [4.78, 5) is 35.1. The maximum Gasteiger partial charge on any atom is 0.260 e. The lowest BCUT2D eigenvalue weighted by Crippen LogP contribution is -2.45. The Bertz CT molecular complexity index is 1270. The van der Waals surface area contributed by atoms with Crippen molar-refractivity contribution in [2.75, 3.05) is 18.0 Å². The molecule has 5 heterocycles. The SMILES string of the molecule is CC1CN(c2cncc3c(=O)n(Cc4cn5cc(C=O)ccc5n4)ccc23)C1. The van der Waals surface area contributed by atoms with E-state index in [1.807, 2.05) is 24.7 Å². The van der Waals surface area contributed by atoms with Crippen LogP contribution in [0.15, 0.2) is 54.0 Å². The van der Waals surface area contributed by atoms with Crippen LogP contribution in [0, 0.1) is 5.92 Å². The van der Waals surface area contributed by atoms with E-state index in [2.05, 4.69) is 21.8 Å². The fraction of sp³-hybridized carbons (Fsp3) is 0.238. The Hall–Kier alpha value is -3.48. The van der Waals surface area contributed by atoms with Gasteiger partial charge in [0.05, 0.1) is 29.5 Å². The Morgan fingerprint density at radius 1 is 1.14 bits per heavy atom. The van der Waals surface area contributed by atoms with Gasteiger partial charge in [0.2, 0.25) is 0 Å². The minimum absolute atomic E-state index is 0.0777. The van der Waals surface area contributed by atoms with Crippen molar-refractivity contribution in [3.05, 3.63) is 70.8 Å². The third-order valence-corrected chi connectivity index (χ3v) is 5.28. The number of fused-ring (bicyclic) bond motifs is 2. The van der Waals surface area contributed by atoms with Gasteiger partial charge in [-0.1, -0.05) is 6.92 Å². The summed E-state index contributed by atoms with van der Waals surface area (Å²) in [5.74, 6) is 0.672. The van der Waals surface area contributed by atoms with Crippen molar-refractivity contribution in [2.45, 2.75) is 13.5 Å². The predicted molar refractivity (Wildman–Crippen MR) is 107 cm³/mol. The number of pyridine rings is 3. The maximum absolute atomic E-state index is 13.0. The normalized spacial score (nSPS) is 14.5. The largest absolute Gasteiger partial charge is 0.369 e. The molecule has 4 aromatic rings. The number of hydrogen-bond acceptors (Lipinski definition) is 5. The second kappa shape index (κ2) is 6.30. The number of rotatable bonds is 4. The van der Waals surface area contributed by atoms with Crippen LogP contribution >= 0.6 is 0 Å². The maximum atomic E-state index is 13.0. The Labute approximate surface area is 160 Å². The zero-order valence-electron chi connectivity index (χ0n) is 15.4. The van der Waals surface area contributed by atoms with Crippen molar-refractivity contribution in [1.82, 2.24) is 18.9 Å². The summed E-state index contributed by atoms with van der Waals surface area (Å²) in [5.41, 5.74) is 3.02. The van der Waals surface area contributed by atoms with Gasteiger partial charge in [-0.15, -0.1) is 0 Å². The molecule has 5 rings (SSSR count). The van der Waals surface area contributed by atoms with Crippen LogP contribution in [0.1, 0.15) is 23.0 Å². The first-order valence-corrected chi connectivity index (χ1v) is 9.27. The van der Waals surface area contributed by atoms with Crippen molar-refractivity contribution in [2.24, 2.45) is 5.92 Å². The first-order chi connectivity index (χ1) is 13.6. The van der Waals surface area contributed by atoms with E-state index < -0.39 is 0 Å². The van der Waals surface area contributed by atoms with Crippen molar-refractivity contribution in [3.8, 4) is 0 Å². The molecule has 0 atom stereocenters. The first kappa shape index (κ1) is 16.7. The van der Waals surface area contributed by atoms with Gasteiger partial charge in [0.1, 0.15) is 5.65 Å². The molecule has 1 aliphatic heterocycles. The fourth-order valence-electron chi connectivity index (χ4n) is 3.85.